The minimum absolute atomic E-state index is 0.287. The van der Waals surface area contributed by atoms with Crippen LogP contribution >= 0.6 is 11.8 Å². The molecule has 1 aromatic carbocycles. The van der Waals surface area contributed by atoms with Crippen molar-refractivity contribution in [2.75, 3.05) is 18.0 Å². The number of rotatable bonds is 4. The third kappa shape index (κ3) is 2.65. The molecule has 0 saturated carbocycles. The van der Waals surface area contributed by atoms with E-state index < -0.39 is 10.0 Å². The summed E-state index contributed by atoms with van der Waals surface area (Å²) in [5.41, 5.74) is 7.04. The van der Waals surface area contributed by atoms with Crippen LogP contribution in [0, 0.1) is 0 Å². The van der Waals surface area contributed by atoms with Gasteiger partial charge in [0.15, 0.2) is 0 Å². The molecule has 0 amide bonds. The number of fused-ring (bicyclic) bond motifs is 1. The number of nitrogens with two attached hydrogens (primary N) is 1. The summed E-state index contributed by atoms with van der Waals surface area (Å²) < 4.78 is 27.5. The van der Waals surface area contributed by atoms with E-state index in [0.717, 1.165) is 17.7 Å². The molecule has 1 fully saturated rings. The molecule has 5 nitrogen and oxygen atoms in total. The number of aromatic amines is 1. The van der Waals surface area contributed by atoms with Crippen molar-refractivity contribution in [2.45, 2.75) is 23.0 Å². The van der Waals surface area contributed by atoms with E-state index in [9.17, 15) is 8.42 Å². The van der Waals surface area contributed by atoms with E-state index in [1.165, 1.54) is 12.6 Å². The van der Waals surface area contributed by atoms with Crippen LogP contribution in [-0.2, 0) is 10.0 Å². The minimum Gasteiger partial charge on any atom is -0.399 e. The monoisotopic (exact) mass is 311 g/mol. The maximum absolute atomic E-state index is 12.4. The molecule has 1 unspecified atom stereocenters. The number of aromatic nitrogens is 1. The molecule has 2 heterocycles. The van der Waals surface area contributed by atoms with Crippen LogP contribution in [0.15, 0.2) is 29.3 Å². The number of H-pyrrole nitrogens is 1. The van der Waals surface area contributed by atoms with Gasteiger partial charge >= 0.3 is 0 Å². The molecule has 1 aliphatic rings. The van der Waals surface area contributed by atoms with Crippen LogP contribution in [0.3, 0.4) is 0 Å². The molecule has 0 aliphatic carbocycles. The first-order valence-electron chi connectivity index (χ1n) is 6.54. The highest BCUT2D eigenvalue weighted by Gasteiger charge is 2.22. The fourth-order valence-corrected chi connectivity index (χ4v) is 4.99. The second-order valence-electron chi connectivity index (χ2n) is 4.94. The predicted octanol–water partition coefficient (Wildman–Crippen LogP) is 1.92. The molecule has 0 bridgehead atoms. The highest BCUT2D eigenvalue weighted by Crippen LogP contribution is 2.27. The normalized spacial score (nSPS) is 19.7. The molecule has 3 rings (SSSR count). The molecule has 7 heteroatoms. The Morgan fingerprint density at radius 3 is 3.05 bits per heavy atom. The lowest BCUT2D eigenvalue weighted by Crippen LogP contribution is -2.29. The predicted molar refractivity (Wildman–Crippen MR) is 83.4 cm³/mol. The van der Waals surface area contributed by atoms with E-state index in [4.69, 9.17) is 5.73 Å². The van der Waals surface area contributed by atoms with Crippen molar-refractivity contribution in [3.05, 3.63) is 24.4 Å². The lowest BCUT2D eigenvalue weighted by atomic mass is 10.2. The topological polar surface area (TPSA) is 88.0 Å². The summed E-state index contributed by atoms with van der Waals surface area (Å²) in [5.74, 6) is 1.12. The molecule has 108 valence electrons. The number of benzene rings is 1. The molecule has 0 radical (unpaired) electrons. The van der Waals surface area contributed by atoms with Crippen molar-refractivity contribution in [1.82, 2.24) is 9.71 Å². The van der Waals surface area contributed by atoms with Crippen LogP contribution in [0.25, 0.3) is 10.9 Å². The van der Waals surface area contributed by atoms with Crippen LogP contribution in [-0.4, -0.2) is 30.9 Å². The molecular formula is C13H17N3O2S2. The lowest BCUT2D eigenvalue weighted by Gasteiger charge is -2.10. The van der Waals surface area contributed by atoms with Crippen molar-refractivity contribution in [1.29, 1.82) is 0 Å². The third-order valence-electron chi connectivity index (χ3n) is 3.48. The van der Waals surface area contributed by atoms with Crippen molar-refractivity contribution in [3.8, 4) is 0 Å². The second-order valence-corrected chi connectivity index (χ2v) is 8.09. The molecule has 1 atom stereocenters. The van der Waals surface area contributed by atoms with Gasteiger partial charge in [0.2, 0.25) is 10.0 Å². The van der Waals surface area contributed by atoms with Gasteiger partial charge in [-0.3, -0.25) is 0 Å². The van der Waals surface area contributed by atoms with Crippen LogP contribution in [0.5, 0.6) is 0 Å². The molecule has 0 spiro atoms. The summed E-state index contributed by atoms with van der Waals surface area (Å²) in [5, 5.41) is 1.07. The summed E-state index contributed by atoms with van der Waals surface area (Å²) in [6.07, 6.45) is 3.77. The zero-order valence-corrected chi connectivity index (χ0v) is 12.6. The Hall–Kier alpha value is -1.18. The fraction of sp³-hybridized carbons (Fsp3) is 0.385. The summed E-state index contributed by atoms with van der Waals surface area (Å²) in [6.45, 7) is 0.495. The summed E-state index contributed by atoms with van der Waals surface area (Å²) in [4.78, 5) is 3.25. The van der Waals surface area contributed by atoms with E-state index >= 15 is 0 Å². The molecule has 1 aliphatic heterocycles. The average Bonchev–Trinajstić information content (AvgIpc) is 3.05. The van der Waals surface area contributed by atoms with E-state index in [1.54, 1.807) is 18.2 Å². The number of anilines is 1. The molecular weight excluding hydrogens is 294 g/mol. The van der Waals surface area contributed by atoms with Crippen molar-refractivity contribution >= 4 is 38.4 Å². The highest BCUT2D eigenvalue weighted by atomic mass is 32.2. The standard InChI is InChI=1S/C13H17N3O2S2/c14-9-3-4-11-12(6-9)15-8-13(11)20(17,18)16-7-10-2-1-5-19-10/h3-4,6,8,10,15-16H,1-2,5,7,14H2. The number of thioether (sulfide) groups is 1. The first-order valence-corrected chi connectivity index (χ1v) is 9.07. The Balaban J connectivity index is 1.85. The van der Waals surface area contributed by atoms with Gasteiger partial charge in [-0.2, -0.15) is 11.8 Å². The molecule has 2 aromatic rings. The zero-order chi connectivity index (χ0) is 14.2. The van der Waals surface area contributed by atoms with Gasteiger partial charge in [-0.15, -0.1) is 0 Å². The number of nitrogen functional groups attached to an aromatic ring is 1. The number of hydrogen-bond acceptors (Lipinski definition) is 4. The van der Waals surface area contributed by atoms with Gasteiger partial charge < -0.3 is 10.7 Å². The Morgan fingerprint density at radius 2 is 2.30 bits per heavy atom. The van der Waals surface area contributed by atoms with Gasteiger partial charge in [0.1, 0.15) is 4.90 Å². The third-order valence-corrected chi connectivity index (χ3v) is 6.34. The molecule has 20 heavy (non-hydrogen) atoms. The number of sulfonamides is 1. The Labute approximate surface area is 122 Å². The number of hydrogen-bond donors (Lipinski definition) is 3. The van der Waals surface area contributed by atoms with Crippen LogP contribution in [0.2, 0.25) is 0 Å². The van der Waals surface area contributed by atoms with Gasteiger partial charge in [0, 0.05) is 34.6 Å². The SMILES string of the molecule is Nc1ccc2c(S(=O)(=O)NCC3CCCS3)c[nH]c2c1. The van der Waals surface area contributed by atoms with E-state index in [2.05, 4.69) is 9.71 Å². The van der Waals surface area contributed by atoms with E-state index in [-0.39, 0.29) is 4.90 Å². The first-order chi connectivity index (χ1) is 9.56. The van der Waals surface area contributed by atoms with Crippen molar-refractivity contribution in [3.63, 3.8) is 0 Å². The number of nitrogens with one attached hydrogen (secondary N) is 2. The van der Waals surface area contributed by atoms with E-state index in [0.29, 0.717) is 22.9 Å². The quantitative estimate of drug-likeness (QED) is 0.753. The largest absolute Gasteiger partial charge is 0.399 e. The highest BCUT2D eigenvalue weighted by molar-refractivity contribution is 8.00. The van der Waals surface area contributed by atoms with Gasteiger partial charge in [0.25, 0.3) is 0 Å². The van der Waals surface area contributed by atoms with Gasteiger partial charge in [0.05, 0.1) is 0 Å². The second kappa shape index (κ2) is 5.31. The minimum atomic E-state index is -3.48. The molecule has 4 N–H and O–H groups in total. The maximum Gasteiger partial charge on any atom is 0.242 e. The Bertz CT molecular complexity index is 718. The van der Waals surface area contributed by atoms with Gasteiger partial charge in [-0.1, -0.05) is 0 Å². The summed E-state index contributed by atoms with van der Waals surface area (Å²) >= 11 is 1.83. The average molecular weight is 311 g/mol. The van der Waals surface area contributed by atoms with Crippen molar-refractivity contribution in [2.24, 2.45) is 0 Å². The molecule has 1 saturated heterocycles. The fourth-order valence-electron chi connectivity index (χ4n) is 2.43. The summed E-state index contributed by atoms with van der Waals surface area (Å²) in [6, 6.07) is 5.18. The van der Waals surface area contributed by atoms with Crippen LogP contribution in [0.4, 0.5) is 5.69 Å². The van der Waals surface area contributed by atoms with Crippen molar-refractivity contribution < 1.29 is 8.42 Å². The van der Waals surface area contributed by atoms with Gasteiger partial charge in [-0.05, 0) is 36.8 Å². The lowest BCUT2D eigenvalue weighted by molar-refractivity contribution is 0.580. The Kier molecular flexibility index (Phi) is 3.66. The van der Waals surface area contributed by atoms with Crippen LogP contribution in [0.1, 0.15) is 12.8 Å². The van der Waals surface area contributed by atoms with E-state index in [1.807, 2.05) is 11.8 Å². The Morgan fingerprint density at radius 1 is 1.45 bits per heavy atom. The smallest absolute Gasteiger partial charge is 0.242 e. The zero-order valence-electron chi connectivity index (χ0n) is 10.9. The molecule has 1 aromatic heterocycles. The van der Waals surface area contributed by atoms with Crippen LogP contribution < -0.4 is 10.5 Å². The first kappa shape index (κ1) is 13.8. The van der Waals surface area contributed by atoms with Gasteiger partial charge in [-0.25, -0.2) is 13.1 Å². The maximum atomic E-state index is 12.4. The summed E-state index contributed by atoms with van der Waals surface area (Å²) in [7, 11) is -3.48.